The molecule has 27 heavy (non-hydrogen) atoms. The molecule has 1 aliphatic carbocycles. The van der Waals surface area contributed by atoms with Crippen molar-refractivity contribution in [1.29, 1.82) is 0 Å². The molecule has 0 spiro atoms. The first-order valence-electron chi connectivity index (χ1n) is 9.85. The second-order valence-corrected chi connectivity index (χ2v) is 6.92. The summed E-state index contributed by atoms with van der Waals surface area (Å²) in [6, 6.07) is 2.47. The number of aromatic nitrogens is 3. The molecule has 2 aromatic heterocycles. The van der Waals surface area contributed by atoms with E-state index in [-0.39, 0.29) is 0 Å². The molecule has 0 bridgehead atoms. The first-order valence-corrected chi connectivity index (χ1v) is 9.85. The van der Waals surface area contributed by atoms with Crippen LogP contribution < -0.4 is 10.6 Å². The van der Waals surface area contributed by atoms with Gasteiger partial charge in [-0.1, -0.05) is 6.08 Å². The van der Waals surface area contributed by atoms with Crippen LogP contribution in [-0.2, 0) is 16.5 Å². The largest absolute Gasteiger partial charge is 0.379 e. The predicted molar refractivity (Wildman–Crippen MR) is 109 cm³/mol. The SMILES string of the molecule is C=CCNc1nc(NC2CCC(OCCOCC)CC2)c2ccn(C)c2n1. The number of hydrogen-bond acceptors (Lipinski definition) is 6. The van der Waals surface area contributed by atoms with Crippen LogP contribution in [0.3, 0.4) is 0 Å². The molecule has 148 valence electrons. The van der Waals surface area contributed by atoms with Gasteiger partial charge in [0.15, 0.2) is 0 Å². The minimum atomic E-state index is 0.343. The van der Waals surface area contributed by atoms with Gasteiger partial charge in [0, 0.05) is 32.4 Å². The highest BCUT2D eigenvalue weighted by atomic mass is 16.5. The van der Waals surface area contributed by atoms with Crippen LogP contribution in [0.25, 0.3) is 11.0 Å². The molecular weight excluding hydrogens is 342 g/mol. The number of anilines is 2. The number of rotatable bonds is 10. The highest BCUT2D eigenvalue weighted by molar-refractivity contribution is 5.88. The van der Waals surface area contributed by atoms with Crippen LogP contribution in [0.4, 0.5) is 11.8 Å². The van der Waals surface area contributed by atoms with Gasteiger partial charge in [0.05, 0.1) is 24.7 Å². The van der Waals surface area contributed by atoms with Crippen LogP contribution in [0.15, 0.2) is 24.9 Å². The molecule has 2 aromatic rings. The predicted octanol–water partition coefficient (Wildman–Crippen LogP) is 3.34. The van der Waals surface area contributed by atoms with E-state index in [2.05, 4.69) is 28.3 Å². The third kappa shape index (κ3) is 5.20. The molecule has 7 nitrogen and oxygen atoms in total. The monoisotopic (exact) mass is 373 g/mol. The van der Waals surface area contributed by atoms with Crippen molar-refractivity contribution in [2.24, 2.45) is 7.05 Å². The van der Waals surface area contributed by atoms with Gasteiger partial charge in [0.25, 0.3) is 0 Å². The molecule has 2 N–H and O–H groups in total. The van der Waals surface area contributed by atoms with E-state index in [4.69, 9.17) is 14.5 Å². The second kappa shape index (κ2) is 9.71. The lowest BCUT2D eigenvalue weighted by molar-refractivity contribution is -0.00910. The average Bonchev–Trinajstić information content (AvgIpc) is 3.06. The van der Waals surface area contributed by atoms with Crippen molar-refractivity contribution >= 4 is 22.8 Å². The zero-order chi connectivity index (χ0) is 19.1. The molecule has 0 aliphatic heterocycles. The smallest absolute Gasteiger partial charge is 0.226 e. The van der Waals surface area contributed by atoms with Gasteiger partial charge in [-0.25, -0.2) is 0 Å². The number of nitrogens with one attached hydrogen (secondary N) is 2. The van der Waals surface area contributed by atoms with Gasteiger partial charge in [-0.05, 0) is 38.7 Å². The molecule has 2 heterocycles. The molecule has 0 aromatic carbocycles. The Balaban J connectivity index is 1.60. The summed E-state index contributed by atoms with van der Waals surface area (Å²) in [6.45, 7) is 8.50. The van der Waals surface area contributed by atoms with Crippen LogP contribution in [0, 0.1) is 0 Å². The van der Waals surface area contributed by atoms with Crippen LogP contribution >= 0.6 is 0 Å². The Kier molecular flexibility index (Phi) is 7.06. The van der Waals surface area contributed by atoms with E-state index < -0.39 is 0 Å². The summed E-state index contributed by atoms with van der Waals surface area (Å²) < 4.78 is 13.3. The maximum atomic E-state index is 5.92. The number of fused-ring (bicyclic) bond motifs is 1. The van der Waals surface area contributed by atoms with Gasteiger partial charge in [-0.15, -0.1) is 6.58 Å². The molecule has 1 saturated carbocycles. The zero-order valence-corrected chi connectivity index (χ0v) is 16.4. The van der Waals surface area contributed by atoms with Crippen molar-refractivity contribution in [3.05, 3.63) is 24.9 Å². The molecule has 7 heteroatoms. The Labute approximate surface area is 161 Å². The van der Waals surface area contributed by atoms with Gasteiger partial charge in [0.1, 0.15) is 11.5 Å². The van der Waals surface area contributed by atoms with Crippen LogP contribution in [0.2, 0.25) is 0 Å². The van der Waals surface area contributed by atoms with Gasteiger partial charge in [-0.3, -0.25) is 0 Å². The lowest BCUT2D eigenvalue weighted by Crippen LogP contribution is -2.30. The number of nitrogens with zero attached hydrogens (tertiary/aromatic N) is 3. The lowest BCUT2D eigenvalue weighted by Gasteiger charge is -2.29. The summed E-state index contributed by atoms with van der Waals surface area (Å²) in [5.41, 5.74) is 0.923. The quantitative estimate of drug-likeness (QED) is 0.491. The zero-order valence-electron chi connectivity index (χ0n) is 16.4. The first kappa shape index (κ1) is 19.6. The van der Waals surface area contributed by atoms with E-state index in [1.54, 1.807) is 6.08 Å². The Morgan fingerprint density at radius 3 is 2.81 bits per heavy atom. The molecular formula is C20H31N5O2. The molecule has 1 fully saturated rings. The summed E-state index contributed by atoms with van der Waals surface area (Å²) in [6.07, 6.45) is 8.45. The molecule has 1 aliphatic rings. The van der Waals surface area contributed by atoms with Gasteiger partial charge >= 0.3 is 0 Å². The molecule has 3 rings (SSSR count). The van der Waals surface area contributed by atoms with E-state index in [1.807, 2.05) is 24.7 Å². The summed E-state index contributed by atoms with van der Waals surface area (Å²) in [7, 11) is 2.00. The van der Waals surface area contributed by atoms with Crippen molar-refractivity contribution < 1.29 is 9.47 Å². The van der Waals surface area contributed by atoms with Crippen molar-refractivity contribution in [2.75, 3.05) is 37.0 Å². The number of ether oxygens (including phenoxy) is 2. The standard InChI is InChI=1S/C20H31N5O2/c1-4-11-21-20-23-18(17-10-12-25(3)19(17)24-20)22-15-6-8-16(9-7-15)27-14-13-26-5-2/h4,10,12,15-16H,1,5-9,11,13-14H2,2-3H3,(H2,21,22,23,24). The van der Waals surface area contributed by atoms with Crippen molar-refractivity contribution in [3.8, 4) is 0 Å². The van der Waals surface area contributed by atoms with Crippen molar-refractivity contribution in [2.45, 2.75) is 44.8 Å². The Hall–Kier alpha value is -2.12. The van der Waals surface area contributed by atoms with E-state index in [9.17, 15) is 0 Å². The first-order chi connectivity index (χ1) is 13.2. The van der Waals surface area contributed by atoms with Gasteiger partial charge in [0.2, 0.25) is 5.95 Å². The molecule has 0 unspecified atom stereocenters. The Morgan fingerprint density at radius 1 is 1.26 bits per heavy atom. The number of hydrogen-bond donors (Lipinski definition) is 2. The maximum Gasteiger partial charge on any atom is 0.226 e. The van der Waals surface area contributed by atoms with E-state index >= 15 is 0 Å². The molecule has 0 saturated heterocycles. The van der Waals surface area contributed by atoms with Crippen LogP contribution in [0.1, 0.15) is 32.6 Å². The second-order valence-electron chi connectivity index (χ2n) is 6.92. The topological polar surface area (TPSA) is 73.2 Å². The summed E-state index contributed by atoms with van der Waals surface area (Å²) >= 11 is 0. The average molecular weight is 374 g/mol. The molecule has 0 amide bonds. The van der Waals surface area contributed by atoms with E-state index in [0.717, 1.165) is 49.1 Å². The maximum absolute atomic E-state index is 5.92. The minimum Gasteiger partial charge on any atom is -0.379 e. The van der Waals surface area contributed by atoms with Crippen LogP contribution in [0.5, 0.6) is 0 Å². The summed E-state index contributed by atoms with van der Waals surface area (Å²) in [4.78, 5) is 9.30. The van der Waals surface area contributed by atoms with E-state index in [1.165, 1.54) is 0 Å². The highest BCUT2D eigenvalue weighted by Crippen LogP contribution is 2.28. The lowest BCUT2D eigenvalue weighted by atomic mass is 9.93. The van der Waals surface area contributed by atoms with Gasteiger partial charge in [-0.2, -0.15) is 9.97 Å². The normalized spacial score (nSPS) is 19.9. The van der Waals surface area contributed by atoms with Crippen molar-refractivity contribution in [3.63, 3.8) is 0 Å². The molecule has 0 atom stereocenters. The third-order valence-electron chi connectivity index (χ3n) is 4.93. The minimum absolute atomic E-state index is 0.343. The number of aryl methyl sites for hydroxylation is 1. The fourth-order valence-corrected chi connectivity index (χ4v) is 3.47. The third-order valence-corrected chi connectivity index (χ3v) is 4.93. The Bertz CT molecular complexity index is 737. The summed E-state index contributed by atoms with van der Waals surface area (Å²) in [5, 5.41) is 7.89. The van der Waals surface area contributed by atoms with Gasteiger partial charge < -0.3 is 24.7 Å². The van der Waals surface area contributed by atoms with E-state index in [0.29, 0.717) is 37.9 Å². The Morgan fingerprint density at radius 2 is 2.07 bits per heavy atom. The van der Waals surface area contributed by atoms with Crippen LogP contribution in [-0.4, -0.2) is 53.0 Å². The summed E-state index contributed by atoms with van der Waals surface area (Å²) in [5.74, 6) is 1.52. The van der Waals surface area contributed by atoms with Crippen molar-refractivity contribution in [1.82, 2.24) is 14.5 Å². The fourth-order valence-electron chi connectivity index (χ4n) is 3.47. The fraction of sp³-hybridized carbons (Fsp3) is 0.600. The molecule has 0 radical (unpaired) electrons. The highest BCUT2D eigenvalue weighted by Gasteiger charge is 2.23.